The molecule has 0 saturated carbocycles. The van der Waals surface area contributed by atoms with Crippen LogP contribution in [0.4, 0.5) is 0 Å². The van der Waals surface area contributed by atoms with Crippen molar-refractivity contribution in [2.45, 2.75) is 55.4 Å². The maximum Gasteiger partial charge on any atom is 0.0446 e. The van der Waals surface area contributed by atoms with Gasteiger partial charge >= 0.3 is 0 Å². The first-order valence-electron chi connectivity index (χ1n) is 8.00. The van der Waals surface area contributed by atoms with Crippen molar-refractivity contribution in [2.24, 2.45) is 0 Å². The number of rotatable bonds is 0. The fraction of sp³-hybridized carbons (Fsp3) is 0.333. The smallest absolute Gasteiger partial charge is 0.0446 e. The molecule has 0 atom stereocenters. The van der Waals surface area contributed by atoms with E-state index in [1.54, 1.807) is 0 Å². The van der Waals surface area contributed by atoms with Crippen molar-refractivity contribution in [1.29, 1.82) is 0 Å². The summed E-state index contributed by atoms with van der Waals surface area (Å²) in [5, 5.41) is 0. The molecule has 0 bridgehead atoms. The van der Waals surface area contributed by atoms with Crippen LogP contribution in [0.2, 0.25) is 0 Å². The first-order chi connectivity index (χ1) is 11.4. The van der Waals surface area contributed by atoms with Gasteiger partial charge in [0, 0.05) is 22.3 Å². The van der Waals surface area contributed by atoms with E-state index >= 15 is 0 Å². The summed E-state index contributed by atoms with van der Waals surface area (Å²) >= 11 is 0. The number of hydrogen-bond acceptors (Lipinski definition) is 0. The van der Waals surface area contributed by atoms with Gasteiger partial charge < -0.3 is 0 Å². The molecule has 0 aromatic rings. The highest BCUT2D eigenvalue weighted by Crippen LogP contribution is 2.34. The van der Waals surface area contributed by atoms with Gasteiger partial charge in [-0.3, -0.25) is 0 Å². The Morgan fingerprint density at radius 1 is 0.375 bits per heavy atom. The Hall–Kier alpha value is -2.80. The van der Waals surface area contributed by atoms with E-state index < -0.39 is 0 Å². The fourth-order valence-corrected chi connectivity index (χ4v) is 2.75. The zero-order chi connectivity index (χ0) is 18.3. The van der Waals surface area contributed by atoms with Crippen LogP contribution in [-0.2, 0) is 0 Å². The van der Waals surface area contributed by atoms with Crippen LogP contribution in [-0.4, -0.2) is 0 Å². The summed E-state index contributed by atoms with van der Waals surface area (Å²) in [4.78, 5) is 0. The van der Waals surface area contributed by atoms with Crippen LogP contribution in [0.25, 0.3) is 0 Å². The Kier molecular flexibility index (Phi) is 7.00. The molecule has 0 saturated heterocycles. The molecule has 0 radical (unpaired) electrons. The first kappa shape index (κ1) is 19.2. The first-order valence-corrected chi connectivity index (χ1v) is 8.00. The van der Waals surface area contributed by atoms with Crippen LogP contribution in [0.5, 0.6) is 0 Å². The lowest BCUT2D eigenvalue weighted by molar-refractivity contribution is 1.21. The van der Waals surface area contributed by atoms with Crippen LogP contribution in [0.3, 0.4) is 0 Å². The van der Waals surface area contributed by atoms with Crippen molar-refractivity contribution < 1.29 is 0 Å². The molecule has 0 aliphatic heterocycles. The molecule has 0 aromatic heterocycles. The SMILES string of the molecule is CC#CC1=C(C#CC)/C(C)=C(C#CC)\C(C)=C(\C#CC)C(C)=C1C. The average molecular weight is 312 g/mol. The topological polar surface area (TPSA) is 0 Å². The van der Waals surface area contributed by atoms with E-state index in [0.29, 0.717) is 0 Å². The molecule has 0 heteroatoms. The number of hydrogen-bond donors (Lipinski definition) is 0. The van der Waals surface area contributed by atoms with Crippen LogP contribution in [0, 0.1) is 47.4 Å². The van der Waals surface area contributed by atoms with Gasteiger partial charge in [0.05, 0.1) is 0 Å². The summed E-state index contributed by atoms with van der Waals surface area (Å²) in [6.45, 7) is 15.8. The van der Waals surface area contributed by atoms with E-state index in [1.165, 1.54) is 0 Å². The van der Waals surface area contributed by atoms with Gasteiger partial charge in [0.1, 0.15) is 0 Å². The summed E-state index contributed by atoms with van der Waals surface area (Å²) in [5.41, 5.74) is 8.40. The summed E-state index contributed by atoms with van der Waals surface area (Å²) in [7, 11) is 0. The molecule has 24 heavy (non-hydrogen) atoms. The highest BCUT2D eigenvalue weighted by Gasteiger charge is 2.20. The zero-order valence-electron chi connectivity index (χ0n) is 16.0. The van der Waals surface area contributed by atoms with E-state index in [4.69, 9.17) is 0 Å². The zero-order valence-corrected chi connectivity index (χ0v) is 16.0. The highest BCUT2D eigenvalue weighted by atomic mass is 14.2. The molecule has 0 nitrogen and oxygen atoms in total. The van der Waals surface area contributed by atoms with E-state index in [0.717, 1.165) is 44.6 Å². The standard InChI is InChI=1S/C24H24/c1-9-13-21-17(5)18(6)23(15-11-3)24(16-12-4)20(8)22(14-10-2)19(21)7/h1-8H3/b18-17?,21-17?,21-19-,22-19?,22-20-,23-18?,24-20?,24-23?. The lowest BCUT2D eigenvalue weighted by Crippen LogP contribution is -2.05. The molecule has 0 spiro atoms. The predicted molar refractivity (Wildman–Crippen MR) is 105 cm³/mol. The minimum absolute atomic E-state index is 0.962. The summed E-state index contributed by atoms with van der Waals surface area (Å²) in [5.74, 6) is 25.2. The van der Waals surface area contributed by atoms with Crippen molar-refractivity contribution >= 4 is 0 Å². The van der Waals surface area contributed by atoms with Gasteiger partial charge in [0.2, 0.25) is 0 Å². The Bertz CT molecular complexity index is 922. The van der Waals surface area contributed by atoms with Gasteiger partial charge in [0.15, 0.2) is 0 Å². The van der Waals surface area contributed by atoms with Crippen molar-refractivity contribution in [3.63, 3.8) is 0 Å². The average Bonchev–Trinajstić information content (AvgIpc) is 2.57. The van der Waals surface area contributed by atoms with Crippen molar-refractivity contribution in [3.8, 4) is 47.4 Å². The lowest BCUT2D eigenvalue weighted by atomic mass is 9.83. The maximum absolute atomic E-state index is 3.26. The van der Waals surface area contributed by atoms with Gasteiger partial charge in [-0.25, -0.2) is 0 Å². The fourth-order valence-electron chi connectivity index (χ4n) is 2.75. The normalized spacial score (nSPS) is 20.3. The minimum Gasteiger partial charge on any atom is -0.101 e. The van der Waals surface area contributed by atoms with Gasteiger partial charge in [-0.05, 0) is 77.7 Å². The van der Waals surface area contributed by atoms with Gasteiger partial charge in [-0.15, -0.1) is 23.7 Å². The maximum atomic E-state index is 3.26. The second-order valence-electron chi connectivity index (χ2n) is 5.50. The molecule has 0 amide bonds. The molecule has 0 fully saturated rings. The van der Waals surface area contributed by atoms with E-state index in [-0.39, 0.29) is 0 Å². The minimum atomic E-state index is 0.962. The molecule has 0 N–H and O–H groups in total. The highest BCUT2D eigenvalue weighted by molar-refractivity contribution is 5.71. The third-order valence-electron chi connectivity index (χ3n) is 4.06. The molecule has 1 aliphatic carbocycles. The van der Waals surface area contributed by atoms with E-state index in [1.807, 2.05) is 27.7 Å². The van der Waals surface area contributed by atoms with Crippen molar-refractivity contribution in [3.05, 3.63) is 44.6 Å². The molecular weight excluding hydrogens is 288 g/mol. The quantitative estimate of drug-likeness (QED) is 0.528. The third kappa shape index (κ3) is 3.75. The van der Waals surface area contributed by atoms with Crippen molar-refractivity contribution in [1.82, 2.24) is 0 Å². The monoisotopic (exact) mass is 312 g/mol. The molecule has 0 unspecified atom stereocenters. The molecule has 0 heterocycles. The Morgan fingerprint density at radius 3 is 1.04 bits per heavy atom. The van der Waals surface area contributed by atoms with Crippen molar-refractivity contribution in [2.75, 3.05) is 0 Å². The Labute approximate surface area is 147 Å². The summed E-state index contributed by atoms with van der Waals surface area (Å²) in [6.07, 6.45) is 0. The second kappa shape index (κ2) is 8.73. The Balaban J connectivity index is 4.18. The van der Waals surface area contributed by atoms with Crippen LogP contribution in [0.1, 0.15) is 55.4 Å². The number of allylic oxidation sites excluding steroid dienone is 8. The van der Waals surface area contributed by atoms with E-state index in [2.05, 4.69) is 75.1 Å². The largest absolute Gasteiger partial charge is 0.101 e. The molecule has 1 rings (SSSR count). The van der Waals surface area contributed by atoms with Crippen LogP contribution in [0.15, 0.2) is 44.6 Å². The lowest BCUT2D eigenvalue weighted by Gasteiger charge is -2.19. The Morgan fingerprint density at radius 2 is 0.625 bits per heavy atom. The van der Waals surface area contributed by atoms with Gasteiger partial charge in [-0.2, -0.15) is 0 Å². The molecule has 120 valence electrons. The predicted octanol–water partition coefficient (Wildman–Crippen LogP) is 5.36. The van der Waals surface area contributed by atoms with Crippen LogP contribution >= 0.6 is 0 Å². The van der Waals surface area contributed by atoms with Crippen LogP contribution < -0.4 is 0 Å². The molecule has 1 aliphatic rings. The third-order valence-corrected chi connectivity index (χ3v) is 4.06. The molecular formula is C24H24. The van der Waals surface area contributed by atoms with Gasteiger partial charge in [0.25, 0.3) is 0 Å². The van der Waals surface area contributed by atoms with Gasteiger partial charge in [-0.1, -0.05) is 23.7 Å². The van der Waals surface area contributed by atoms with E-state index in [9.17, 15) is 0 Å². The summed E-state index contributed by atoms with van der Waals surface area (Å²) in [6, 6.07) is 0. The second-order valence-corrected chi connectivity index (χ2v) is 5.50. The molecule has 0 aromatic carbocycles. The summed E-state index contributed by atoms with van der Waals surface area (Å²) < 4.78 is 0.